The zero-order chi connectivity index (χ0) is 12.3. The van der Waals surface area contributed by atoms with E-state index in [4.69, 9.17) is 0 Å². The number of non-ortho nitro benzene ring substituents is 1. The number of nitro groups is 1. The lowest BCUT2D eigenvalue weighted by Gasteiger charge is -2.24. The van der Waals surface area contributed by atoms with Gasteiger partial charge in [-0.1, -0.05) is 0 Å². The molecule has 0 amide bonds. The van der Waals surface area contributed by atoms with E-state index in [9.17, 15) is 14.5 Å². The van der Waals surface area contributed by atoms with Crippen LogP contribution >= 0.6 is 0 Å². The zero-order valence-corrected chi connectivity index (χ0v) is 9.28. The highest BCUT2D eigenvalue weighted by Crippen LogP contribution is 2.21. The standard InChI is InChI=1S/C11H14FN3O2/c12-8-5-10(7-11(6-8)15(16)17)14-9-1-3-13-4-2-9/h5-7,9,13-14H,1-4H2. The van der Waals surface area contributed by atoms with Crippen LogP contribution in [0.25, 0.3) is 0 Å². The van der Waals surface area contributed by atoms with Gasteiger partial charge in [0.25, 0.3) is 5.69 Å². The molecule has 1 aromatic rings. The molecule has 17 heavy (non-hydrogen) atoms. The molecule has 0 radical (unpaired) electrons. The molecule has 2 N–H and O–H groups in total. The Kier molecular flexibility index (Phi) is 3.53. The number of piperidine rings is 1. The van der Waals surface area contributed by atoms with Crippen LogP contribution in [-0.4, -0.2) is 24.1 Å². The number of halogens is 1. The summed E-state index contributed by atoms with van der Waals surface area (Å²) >= 11 is 0. The molecule has 1 aromatic carbocycles. The number of nitrogens with one attached hydrogen (secondary N) is 2. The monoisotopic (exact) mass is 239 g/mol. The minimum absolute atomic E-state index is 0.221. The molecule has 5 nitrogen and oxygen atoms in total. The lowest BCUT2D eigenvalue weighted by Crippen LogP contribution is -2.35. The van der Waals surface area contributed by atoms with Gasteiger partial charge in [0.1, 0.15) is 5.82 Å². The minimum atomic E-state index is -0.587. The Bertz CT molecular complexity index is 419. The molecule has 1 aliphatic heterocycles. The summed E-state index contributed by atoms with van der Waals surface area (Å²) in [5, 5.41) is 17.0. The molecule has 6 heteroatoms. The summed E-state index contributed by atoms with van der Waals surface area (Å²) in [6, 6.07) is 3.82. The van der Waals surface area contributed by atoms with Crippen molar-refractivity contribution in [1.82, 2.24) is 5.32 Å². The van der Waals surface area contributed by atoms with Crippen LogP contribution in [0.15, 0.2) is 18.2 Å². The van der Waals surface area contributed by atoms with Crippen LogP contribution in [0.2, 0.25) is 0 Å². The molecule has 0 atom stereocenters. The fourth-order valence-electron chi connectivity index (χ4n) is 1.96. The van der Waals surface area contributed by atoms with Gasteiger partial charge in [0.2, 0.25) is 0 Å². The van der Waals surface area contributed by atoms with Gasteiger partial charge >= 0.3 is 0 Å². The summed E-state index contributed by atoms with van der Waals surface area (Å²) < 4.78 is 13.2. The largest absolute Gasteiger partial charge is 0.382 e. The number of nitrogens with zero attached hydrogens (tertiary/aromatic N) is 1. The van der Waals surface area contributed by atoms with Crippen LogP contribution in [0.4, 0.5) is 15.8 Å². The van der Waals surface area contributed by atoms with Crippen molar-refractivity contribution in [2.45, 2.75) is 18.9 Å². The van der Waals surface area contributed by atoms with E-state index in [-0.39, 0.29) is 11.7 Å². The average molecular weight is 239 g/mol. The van der Waals surface area contributed by atoms with Crippen LogP contribution in [0, 0.1) is 15.9 Å². The van der Waals surface area contributed by atoms with Gasteiger partial charge in [-0.2, -0.15) is 0 Å². The first kappa shape index (κ1) is 11.8. The highest BCUT2D eigenvalue weighted by Gasteiger charge is 2.15. The number of anilines is 1. The van der Waals surface area contributed by atoms with Crippen molar-refractivity contribution in [2.75, 3.05) is 18.4 Å². The summed E-state index contributed by atoms with van der Waals surface area (Å²) in [4.78, 5) is 10.0. The van der Waals surface area contributed by atoms with E-state index in [2.05, 4.69) is 10.6 Å². The summed E-state index contributed by atoms with van der Waals surface area (Å²) in [5.74, 6) is -0.587. The fourth-order valence-corrected chi connectivity index (χ4v) is 1.96. The van der Waals surface area contributed by atoms with Crippen molar-refractivity contribution in [1.29, 1.82) is 0 Å². The lowest BCUT2D eigenvalue weighted by molar-refractivity contribution is -0.385. The van der Waals surface area contributed by atoms with E-state index >= 15 is 0 Å². The lowest BCUT2D eigenvalue weighted by atomic mass is 10.1. The maximum atomic E-state index is 13.2. The van der Waals surface area contributed by atoms with Crippen LogP contribution < -0.4 is 10.6 Å². The summed E-state index contributed by atoms with van der Waals surface area (Å²) in [6.07, 6.45) is 1.87. The fraction of sp³-hybridized carbons (Fsp3) is 0.455. The number of rotatable bonds is 3. The van der Waals surface area contributed by atoms with E-state index in [1.807, 2.05) is 0 Å². The van der Waals surface area contributed by atoms with Crippen molar-refractivity contribution >= 4 is 11.4 Å². The maximum Gasteiger partial charge on any atom is 0.274 e. The Hall–Kier alpha value is -1.69. The molecule has 1 aliphatic rings. The van der Waals surface area contributed by atoms with Gasteiger partial charge in [-0.15, -0.1) is 0 Å². The topological polar surface area (TPSA) is 67.2 Å². The van der Waals surface area contributed by atoms with Crippen molar-refractivity contribution in [3.8, 4) is 0 Å². The Morgan fingerprint density at radius 1 is 1.35 bits per heavy atom. The number of hydrogen-bond acceptors (Lipinski definition) is 4. The van der Waals surface area contributed by atoms with Gasteiger partial charge in [0, 0.05) is 17.8 Å². The van der Waals surface area contributed by atoms with Gasteiger partial charge in [-0.25, -0.2) is 4.39 Å². The van der Waals surface area contributed by atoms with Crippen molar-refractivity contribution in [3.63, 3.8) is 0 Å². The SMILES string of the molecule is O=[N+]([O-])c1cc(F)cc(NC2CCNCC2)c1. The molecule has 0 aliphatic carbocycles. The number of benzene rings is 1. The van der Waals surface area contributed by atoms with Gasteiger partial charge < -0.3 is 10.6 Å². The average Bonchev–Trinajstić information content (AvgIpc) is 2.29. The van der Waals surface area contributed by atoms with Gasteiger partial charge in [0.05, 0.1) is 11.0 Å². The molecule has 92 valence electrons. The maximum absolute atomic E-state index is 13.2. The highest BCUT2D eigenvalue weighted by atomic mass is 19.1. The first-order valence-corrected chi connectivity index (χ1v) is 5.57. The summed E-state index contributed by atoms with van der Waals surface area (Å²) in [5.41, 5.74) is 0.255. The molecule has 0 bridgehead atoms. The summed E-state index contributed by atoms with van der Waals surface area (Å²) in [7, 11) is 0. The number of nitro benzene ring substituents is 1. The third kappa shape index (κ3) is 3.13. The number of hydrogen-bond donors (Lipinski definition) is 2. The summed E-state index contributed by atoms with van der Waals surface area (Å²) in [6.45, 7) is 1.82. The zero-order valence-electron chi connectivity index (χ0n) is 9.28. The van der Waals surface area contributed by atoms with Crippen LogP contribution in [0.3, 0.4) is 0 Å². The minimum Gasteiger partial charge on any atom is -0.382 e. The molecule has 1 heterocycles. The molecule has 1 fully saturated rings. The van der Waals surface area contributed by atoms with E-state index in [0.29, 0.717) is 5.69 Å². The predicted molar refractivity (Wildman–Crippen MR) is 62.6 cm³/mol. The first-order valence-electron chi connectivity index (χ1n) is 5.57. The molecule has 1 saturated heterocycles. The molecule has 0 aromatic heterocycles. The molecular weight excluding hydrogens is 225 g/mol. The Morgan fingerprint density at radius 2 is 2.06 bits per heavy atom. The molecule has 2 rings (SSSR count). The highest BCUT2D eigenvalue weighted by molar-refractivity contribution is 5.52. The second kappa shape index (κ2) is 5.09. The third-order valence-corrected chi connectivity index (χ3v) is 2.80. The van der Waals surface area contributed by atoms with Crippen molar-refractivity contribution < 1.29 is 9.31 Å². The first-order chi connectivity index (χ1) is 8.15. The normalized spacial score (nSPS) is 16.8. The predicted octanol–water partition coefficient (Wildman–Crippen LogP) is 1.90. The van der Waals surface area contributed by atoms with E-state index in [1.165, 1.54) is 12.1 Å². The Morgan fingerprint density at radius 3 is 2.71 bits per heavy atom. The van der Waals surface area contributed by atoms with Crippen LogP contribution in [0.5, 0.6) is 0 Å². The second-order valence-corrected chi connectivity index (χ2v) is 4.12. The van der Waals surface area contributed by atoms with Gasteiger partial charge in [0.15, 0.2) is 0 Å². The van der Waals surface area contributed by atoms with Crippen LogP contribution in [0.1, 0.15) is 12.8 Å². The Labute approximate surface area is 98.2 Å². The molecule has 0 unspecified atom stereocenters. The smallest absolute Gasteiger partial charge is 0.274 e. The van der Waals surface area contributed by atoms with Crippen molar-refractivity contribution in [2.24, 2.45) is 0 Å². The van der Waals surface area contributed by atoms with Gasteiger partial charge in [-0.3, -0.25) is 10.1 Å². The van der Waals surface area contributed by atoms with E-state index in [1.54, 1.807) is 0 Å². The van der Waals surface area contributed by atoms with Crippen LogP contribution in [-0.2, 0) is 0 Å². The third-order valence-electron chi connectivity index (χ3n) is 2.80. The van der Waals surface area contributed by atoms with Gasteiger partial charge in [-0.05, 0) is 32.0 Å². The van der Waals surface area contributed by atoms with E-state index < -0.39 is 10.7 Å². The Balaban J connectivity index is 2.11. The quantitative estimate of drug-likeness (QED) is 0.624. The molecular formula is C11H14FN3O2. The van der Waals surface area contributed by atoms with E-state index in [0.717, 1.165) is 32.0 Å². The molecule has 0 saturated carbocycles. The van der Waals surface area contributed by atoms with Crippen molar-refractivity contribution in [3.05, 3.63) is 34.1 Å². The second-order valence-electron chi connectivity index (χ2n) is 4.12. The molecule has 0 spiro atoms.